The fourth-order valence-corrected chi connectivity index (χ4v) is 1.74. The van der Waals surface area contributed by atoms with Gasteiger partial charge in [0.1, 0.15) is 0 Å². The molecule has 0 unspecified atom stereocenters. The highest BCUT2D eigenvalue weighted by molar-refractivity contribution is 5.86. The van der Waals surface area contributed by atoms with Crippen LogP contribution in [0.2, 0.25) is 0 Å². The zero-order valence-corrected chi connectivity index (χ0v) is 8.38. The Morgan fingerprint density at radius 1 is 1.50 bits per heavy atom. The van der Waals surface area contributed by atoms with Crippen molar-refractivity contribution >= 4 is 11.7 Å². The van der Waals surface area contributed by atoms with E-state index in [-0.39, 0.29) is 5.91 Å². The standard InChI is InChI=1S/C10H17N3O/c11-9-3-1-2-6-13(9)7-10(14)12-8-4-5-8/h8,11H,1-7H2,(H,12,14). The quantitative estimate of drug-likeness (QED) is 0.697. The van der Waals surface area contributed by atoms with Gasteiger partial charge in [0.2, 0.25) is 5.91 Å². The lowest BCUT2D eigenvalue weighted by molar-refractivity contribution is -0.121. The summed E-state index contributed by atoms with van der Waals surface area (Å²) in [5, 5.41) is 10.6. The van der Waals surface area contributed by atoms with Gasteiger partial charge in [0.05, 0.1) is 12.4 Å². The van der Waals surface area contributed by atoms with Crippen molar-refractivity contribution < 1.29 is 4.79 Å². The first-order chi connectivity index (χ1) is 6.75. The minimum atomic E-state index is 0.0825. The van der Waals surface area contributed by atoms with Crippen LogP contribution in [0.4, 0.5) is 0 Å². The molecule has 1 aliphatic heterocycles. The maximum atomic E-state index is 11.5. The minimum Gasteiger partial charge on any atom is -0.352 e. The van der Waals surface area contributed by atoms with Crippen molar-refractivity contribution in [3.05, 3.63) is 0 Å². The van der Waals surface area contributed by atoms with Gasteiger partial charge in [-0.1, -0.05) is 0 Å². The molecule has 4 nitrogen and oxygen atoms in total. The van der Waals surface area contributed by atoms with Gasteiger partial charge in [-0.05, 0) is 25.7 Å². The Balaban J connectivity index is 1.76. The number of nitrogens with zero attached hydrogens (tertiary/aromatic N) is 1. The van der Waals surface area contributed by atoms with Gasteiger partial charge in [-0.2, -0.15) is 0 Å². The Hall–Kier alpha value is -1.06. The first kappa shape index (κ1) is 9.49. The van der Waals surface area contributed by atoms with Gasteiger partial charge in [-0.15, -0.1) is 0 Å². The molecular formula is C10H17N3O. The van der Waals surface area contributed by atoms with Gasteiger partial charge in [0.25, 0.3) is 0 Å². The fraction of sp³-hybridized carbons (Fsp3) is 0.800. The summed E-state index contributed by atoms with van der Waals surface area (Å²) in [6.45, 7) is 1.26. The van der Waals surface area contributed by atoms with Crippen molar-refractivity contribution in [3.8, 4) is 0 Å². The van der Waals surface area contributed by atoms with Crippen molar-refractivity contribution in [2.75, 3.05) is 13.1 Å². The number of piperidine rings is 1. The van der Waals surface area contributed by atoms with Gasteiger partial charge < -0.3 is 10.2 Å². The second-order valence-electron chi connectivity index (χ2n) is 4.17. The van der Waals surface area contributed by atoms with Gasteiger partial charge in [0, 0.05) is 19.0 Å². The monoisotopic (exact) mass is 195 g/mol. The molecule has 1 saturated heterocycles. The van der Waals surface area contributed by atoms with Gasteiger partial charge in [-0.25, -0.2) is 0 Å². The molecule has 2 N–H and O–H groups in total. The highest BCUT2D eigenvalue weighted by atomic mass is 16.2. The van der Waals surface area contributed by atoms with Gasteiger partial charge in [0.15, 0.2) is 0 Å². The molecule has 0 aromatic carbocycles. The first-order valence-corrected chi connectivity index (χ1v) is 5.37. The Kier molecular flexibility index (Phi) is 2.70. The molecule has 0 bridgehead atoms. The summed E-state index contributed by atoms with van der Waals surface area (Å²) in [4.78, 5) is 13.3. The van der Waals surface area contributed by atoms with Crippen LogP contribution in [-0.2, 0) is 4.79 Å². The number of carbonyl (C=O) groups is 1. The number of hydrogen-bond donors (Lipinski definition) is 2. The molecule has 0 atom stereocenters. The van der Waals surface area contributed by atoms with Crippen LogP contribution in [0.25, 0.3) is 0 Å². The Bertz CT molecular complexity index is 248. The van der Waals surface area contributed by atoms with Crippen LogP contribution in [0.5, 0.6) is 0 Å². The van der Waals surface area contributed by atoms with Crippen LogP contribution in [0, 0.1) is 5.41 Å². The number of nitrogens with one attached hydrogen (secondary N) is 2. The zero-order chi connectivity index (χ0) is 9.97. The lowest BCUT2D eigenvalue weighted by Crippen LogP contribution is -2.43. The highest BCUT2D eigenvalue weighted by Gasteiger charge is 2.25. The number of amidine groups is 1. The molecular weight excluding hydrogens is 178 g/mol. The summed E-state index contributed by atoms with van der Waals surface area (Å²) in [6, 6.07) is 0.432. The van der Waals surface area contributed by atoms with E-state index < -0.39 is 0 Å². The van der Waals surface area contributed by atoms with E-state index in [1.54, 1.807) is 0 Å². The van der Waals surface area contributed by atoms with E-state index in [2.05, 4.69) is 5.32 Å². The van der Waals surface area contributed by atoms with Crippen molar-refractivity contribution in [2.24, 2.45) is 0 Å². The van der Waals surface area contributed by atoms with Crippen molar-refractivity contribution in [3.63, 3.8) is 0 Å². The molecule has 0 aromatic rings. The molecule has 2 rings (SSSR count). The third-order valence-corrected chi connectivity index (χ3v) is 2.75. The molecule has 2 fully saturated rings. The summed E-state index contributed by atoms with van der Waals surface area (Å²) >= 11 is 0. The third-order valence-electron chi connectivity index (χ3n) is 2.75. The van der Waals surface area contributed by atoms with Crippen LogP contribution in [-0.4, -0.2) is 35.8 Å². The van der Waals surface area contributed by atoms with Crippen LogP contribution < -0.4 is 5.32 Å². The lowest BCUT2D eigenvalue weighted by Gasteiger charge is -2.28. The number of amides is 1. The largest absolute Gasteiger partial charge is 0.352 e. The first-order valence-electron chi connectivity index (χ1n) is 5.37. The van der Waals surface area contributed by atoms with E-state index in [1.165, 1.54) is 0 Å². The second kappa shape index (κ2) is 3.98. The maximum absolute atomic E-state index is 11.5. The highest BCUT2D eigenvalue weighted by Crippen LogP contribution is 2.18. The molecule has 4 heteroatoms. The Labute approximate surface area is 84.2 Å². The van der Waals surface area contributed by atoms with Gasteiger partial charge in [-0.3, -0.25) is 10.2 Å². The SMILES string of the molecule is N=C1CCCCN1CC(=O)NC1CC1. The number of hydrogen-bond acceptors (Lipinski definition) is 2. The van der Waals surface area contributed by atoms with E-state index in [0.717, 1.165) is 38.6 Å². The summed E-state index contributed by atoms with van der Waals surface area (Å²) in [5.41, 5.74) is 0. The van der Waals surface area contributed by atoms with E-state index in [1.807, 2.05) is 4.90 Å². The average molecular weight is 195 g/mol. The minimum absolute atomic E-state index is 0.0825. The molecule has 2 aliphatic rings. The van der Waals surface area contributed by atoms with Crippen molar-refractivity contribution in [1.82, 2.24) is 10.2 Å². The summed E-state index contributed by atoms with van der Waals surface area (Å²) in [6.07, 6.45) is 5.29. The van der Waals surface area contributed by atoms with E-state index >= 15 is 0 Å². The fourth-order valence-electron chi connectivity index (χ4n) is 1.74. The van der Waals surface area contributed by atoms with Crippen LogP contribution in [0.3, 0.4) is 0 Å². The number of rotatable bonds is 3. The Morgan fingerprint density at radius 2 is 2.29 bits per heavy atom. The van der Waals surface area contributed by atoms with Crippen LogP contribution >= 0.6 is 0 Å². The summed E-state index contributed by atoms with van der Waals surface area (Å²) < 4.78 is 0. The molecule has 0 aromatic heterocycles. The van der Waals surface area contributed by atoms with E-state index in [0.29, 0.717) is 18.4 Å². The molecule has 14 heavy (non-hydrogen) atoms. The molecule has 1 amide bonds. The predicted octanol–water partition coefficient (Wildman–Crippen LogP) is 0.728. The maximum Gasteiger partial charge on any atom is 0.239 e. The Morgan fingerprint density at radius 3 is 2.93 bits per heavy atom. The van der Waals surface area contributed by atoms with E-state index in [9.17, 15) is 4.79 Å². The smallest absolute Gasteiger partial charge is 0.239 e. The zero-order valence-electron chi connectivity index (χ0n) is 8.38. The van der Waals surface area contributed by atoms with Crippen molar-refractivity contribution in [2.45, 2.75) is 38.1 Å². The lowest BCUT2D eigenvalue weighted by atomic mass is 10.1. The third kappa shape index (κ3) is 2.47. The molecule has 1 aliphatic carbocycles. The number of likely N-dealkylation sites (tertiary alicyclic amines) is 1. The van der Waals surface area contributed by atoms with Crippen molar-refractivity contribution in [1.29, 1.82) is 5.41 Å². The molecule has 1 heterocycles. The van der Waals surface area contributed by atoms with Gasteiger partial charge >= 0.3 is 0 Å². The summed E-state index contributed by atoms with van der Waals surface area (Å²) in [5.74, 6) is 0.710. The molecule has 1 saturated carbocycles. The van der Waals surface area contributed by atoms with Crippen LogP contribution in [0.1, 0.15) is 32.1 Å². The average Bonchev–Trinajstić information content (AvgIpc) is 2.93. The normalized spacial score (nSPS) is 22.3. The summed E-state index contributed by atoms with van der Waals surface area (Å²) in [7, 11) is 0. The topological polar surface area (TPSA) is 56.2 Å². The van der Waals surface area contributed by atoms with E-state index in [4.69, 9.17) is 5.41 Å². The molecule has 0 spiro atoms. The second-order valence-corrected chi connectivity index (χ2v) is 4.17. The molecule has 78 valence electrons. The molecule has 0 radical (unpaired) electrons. The number of carbonyl (C=O) groups excluding carboxylic acids is 1. The predicted molar refractivity (Wildman–Crippen MR) is 54.3 cm³/mol. The van der Waals surface area contributed by atoms with Crippen LogP contribution in [0.15, 0.2) is 0 Å².